The van der Waals surface area contributed by atoms with Crippen LogP contribution in [0.25, 0.3) is 21.1 Å². The largest absolute Gasteiger partial charge is 0.342 e. The molecule has 1 nitrogen and oxygen atoms in total. The van der Waals surface area contributed by atoms with Gasteiger partial charge in [0.05, 0.1) is 29.6 Å². The molecule has 116 valence electrons. The van der Waals surface area contributed by atoms with Crippen molar-refractivity contribution in [1.29, 1.82) is 0 Å². The molecular weight excluding hydrogens is 346 g/mol. The number of hydrogen-bond donors (Lipinski definition) is 0. The summed E-state index contributed by atoms with van der Waals surface area (Å²) >= 11 is 7.43. The van der Waals surface area contributed by atoms with Gasteiger partial charge in [-0.25, -0.2) is 0 Å². The van der Waals surface area contributed by atoms with Crippen LogP contribution < -0.4 is 0 Å². The zero-order chi connectivity index (χ0) is 15.9. The van der Waals surface area contributed by atoms with Crippen LogP contribution in [0, 0.1) is 13.8 Å². The summed E-state index contributed by atoms with van der Waals surface area (Å²) in [5.41, 5.74) is 5.37. The Labute approximate surface area is 148 Å². The summed E-state index contributed by atoms with van der Waals surface area (Å²) in [6.45, 7) is 4.42. The van der Waals surface area contributed by atoms with Crippen molar-refractivity contribution in [2.75, 3.05) is 12.5 Å². The fraction of sp³-hybridized carbons (Fsp3) is 0.294. The molecule has 0 spiro atoms. The molecule has 0 saturated heterocycles. The Kier molecular flexibility index (Phi) is 4.78. The van der Waals surface area contributed by atoms with E-state index in [4.69, 9.17) is 0 Å². The first-order valence-electron chi connectivity index (χ1n) is 7.00. The summed E-state index contributed by atoms with van der Waals surface area (Å²) < 4.78 is 5.10. The van der Waals surface area contributed by atoms with Crippen LogP contribution in [0.5, 0.6) is 0 Å². The second-order valence-electron chi connectivity index (χ2n) is 5.23. The average Bonchev–Trinajstić information content (AvgIpc) is 3.16. The maximum absolute atomic E-state index is 2.34. The van der Waals surface area contributed by atoms with E-state index in [-0.39, 0.29) is 0 Å². The van der Waals surface area contributed by atoms with Crippen molar-refractivity contribution >= 4 is 46.2 Å². The standard InChI is InChI=1S/C17H19NS4/c1-10-8-14(19-4)21-16(10)12-6-7-13(18(12)3)17-11(2)9-15(20-5)22-17/h6-9H,1-5H3. The molecule has 0 radical (unpaired) electrons. The van der Waals surface area contributed by atoms with Crippen LogP contribution in [-0.4, -0.2) is 17.1 Å². The van der Waals surface area contributed by atoms with E-state index in [0.717, 1.165) is 0 Å². The van der Waals surface area contributed by atoms with Crippen LogP contribution in [-0.2, 0) is 7.05 Å². The van der Waals surface area contributed by atoms with Gasteiger partial charge >= 0.3 is 0 Å². The summed E-state index contributed by atoms with van der Waals surface area (Å²) in [5.74, 6) is 0. The average molecular weight is 366 g/mol. The number of rotatable bonds is 4. The fourth-order valence-corrected chi connectivity index (χ4v) is 6.27. The van der Waals surface area contributed by atoms with Crippen molar-refractivity contribution in [3.8, 4) is 21.1 Å². The third-order valence-corrected chi connectivity index (χ3v) is 8.43. The Morgan fingerprint density at radius 1 is 0.818 bits per heavy atom. The molecule has 0 aliphatic heterocycles. The predicted molar refractivity (Wildman–Crippen MR) is 105 cm³/mol. The van der Waals surface area contributed by atoms with Crippen LogP contribution in [0.2, 0.25) is 0 Å². The lowest BCUT2D eigenvalue weighted by Crippen LogP contribution is -1.93. The first-order valence-corrected chi connectivity index (χ1v) is 11.1. The Bertz CT molecular complexity index is 741. The smallest absolute Gasteiger partial charge is 0.0605 e. The highest BCUT2D eigenvalue weighted by atomic mass is 32.2. The lowest BCUT2D eigenvalue weighted by atomic mass is 10.2. The summed E-state index contributed by atoms with van der Waals surface area (Å²) in [6, 6.07) is 9.10. The minimum absolute atomic E-state index is 1.32. The molecule has 0 aliphatic carbocycles. The zero-order valence-corrected chi connectivity index (χ0v) is 16.7. The van der Waals surface area contributed by atoms with Gasteiger partial charge in [-0.15, -0.1) is 46.2 Å². The van der Waals surface area contributed by atoms with E-state index in [9.17, 15) is 0 Å². The molecular formula is C17H19NS4. The molecule has 0 saturated carbocycles. The molecule has 0 aromatic carbocycles. The quantitative estimate of drug-likeness (QED) is 0.483. The molecule has 3 heterocycles. The second-order valence-corrected chi connectivity index (χ2v) is 9.54. The third-order valence-electron chi connectivity index (χ3n) is 3.78. The molecule has 0 atom stereocenters. The molecule has 3 aromatic rings. The van der Waals surface area contributed by atoms with E-state index >= 15 is 0 Å². The minimum atomic E-state index is 1.32. The van der Waals surface area contributed by atoms with Crippen molar-refractivity contribution < 1.29 is 0 Å². The Morgan fingerprint density at radius 3 is 1.55 bits per heavy atom. The van der Waals surface area contributed by atoms with Gasteiger partial charge < -0.3 is 4.57 Å². The molecule has 22 heavy (non-hydrogen) atoms. The Hall–Kier alpha value is -0.620. The lowest BCUT2D eigenvalue weighted by Gasteiger charge is -2.07. The first kappa shape index (κ1) is 16.2. The van der Waals surface area contributed by atoms with Gasteiger partial charge in [-0.3, -0.25) is 0 Å². The van der Waals surface area contributed by atoms with Crippen molar-refractivity contribution in [3.05, 3.63) is 35.4 Å². The zero-order valence-electron chi connectivity index (χ0n) is 13.4. The van der Waals surface area contributed by atoms with Crippen LogP contribution in [0.1, 0.15) is 11.1 Å². The van der Waals surface area contributed by atoms with E-state index in [0.29, 0.717) is 0 Å². The van der Waals surface area contributed by atoms with Gasteiger partial charge in [0.1, 0.15) is 0 Å². The molecule has 3 aromatic heterocycles. The molecule has 0 N–H and O–H groups in total. The van der Waals surface area contributed by atoms with Gasteiger partial charge in [0.15, 0.2) is 0 Å². The molecule has 3 rings (SSSR count). The lowest BCUT2D eigenvalue weighted by molar-refractivity contribution is 0.949. The van der Waals surface area contributed by atoms with Gasteiger partial charge in [-0.1, -0.05) is 0 Å². The highest BCUT2D eigenvalue weighted by Crippen LogP contribution is 2.41. The maximum atomic E-state index is 2.34. The number of nitrogens with zero attached hydrogens (tertiary/aromatic N) is 1. The normalized spacial score (nSPS) is 11.3. The second kappa shape index (κ2) is 6.48. The highest BCUT2D eigenvalue weighted by Gasteiger charge is 2.16. The van der Waals surface area contributed by atoms with Crippen molar-refractivity contribution in [1.82, 2.24) is 4.57 Å². The summed E-state index contributed by atoms with van der Waals surface area (Å²) in [7, 11) is 2.18. The summed E-state index contributed by atoms with van der Waals surface area (Å²) in [4.78, 5) is 2.77. The van der Waals surface area contributed by atoms with E-state index in [1.165, 1.54) is 40.7 Å². The molecule has 0 bridgehead atoms. The minimum Gasteiger partial charge on any atom is -0.342 e. The molecule has 0 fully saturated rings. The van der Waals surface area contributed by atoms with Crippen molar-refractivity contribution in [2.24, 2.45) is 7.05 Å². The van der Waals surface area contributed by atoms with E-state index in [2.05, 4.69) is 62.2 Å². The molecule has 0 unspecified atom stereocenters. The van der Waals surface area contributed by atoms with E-state index in [1.54, 1.807) is 0 Å². The van der Waals surface area contributed by atoms with Gasteiger partial charge in [-0.05, 0) is 61.8 Å². The van der Waals surface area contributed by atoms with Gasteiger partial charge in [0.25, 0.3) is 0 Å². The number of hydrogen-bond acceptors (Lipinski definition) is 4. The summed E-state index contributed by atoms with van der Waals surface area (Å²) in [6.07, 6.45) is 4.29. The van der Waals surface area contributed by atoms with E-state index in [1.807, 2.05) is 46.2 Å². The van der Waals surface area contributed by atoms with Gasteiger partial charge in [-0.2, -0.15) is 0 Å². The number of thioether (sulfide) groups is 2. The fourth-order valence-electron chi connectivity index (χ4n) is 2.58. The third kappa shape index (κ3) is 2.80. The van der Waals surface area contributed by atoms with Crippen molar-refractivity contribution in [3.63, 3.8) is 0 Å². The molecule has 0 aliphatic rings. The van der Waals surface area contributed by atoms with E-state index < -0.39 is 0 Å². The Morgan fingerprint density at radius 2 is 1.23 bits per heavy atom. The first-order chi connectivity index (χ1) is 10.5. The topological polar surface area (TPSA) is 4.93 Å². The van der Waals surface area contributed by atoms with Crippen LogP contribution in [0.15, 0.2) is 32.7 Å². The van der Waals surface area contributed by atoms with Crippen LogP contribution in [0.3, 0.4) is 0 Å². The number of thiophene rings is 2. The van der Waals surface area contributed by atoms with Crippen LogP contribution >= 0.6 is 46.2 Å². The molecule has 5 heteroatoms. The van der Waals surface area contributed by atoms with Crippen LogP contribution in [0.4, 0.5) is 0 Å². The van der Waals surface area contributed by atoms with Gasteiger partial charge in [0, 0.05) is 7.05 Å². The SMILES string of the molecule is CSc1cc(C)c(-c2ccc(-c3sc(SC)cc3C)n2C)s1. The monoisotopic (exact) mass is 365 g/mol. The number of aromatic nitrogens is 1. The summed E-state index contributed by atoms with van der Waals surface area (Å²) in [5, 5.41) is 0. The Balaban J connectivity index is 2.08. The molecule has 0 amide bonds. The predicted octanol–water partition coefficient (Wildman–Crippen LogP) is 6.54. The maximum Gasteiger partial charge on any atom is 0.0605 e. The van der Waals surface area contributed by atoms with Gasteiger partial charge in [0.2, 0.25) is 0 Å². The van der Waals surface area contributed by atoms with Crippen molar-refractivity contribution in [2.45, 2.75) is 22.3 Å². The highest BCUT2D eigenvalue weighted by molar-refractivity contribution is 8.00. The number of aryl methyl sites for hydroxylation is 2.